The maximum Gasteiger partial charge on any atom is 0.360 e. The van der Waals surface area contributed by atoms with Crippen molar-refractivity contribution >= 4 is 32.8 Å². The lowest BCUT2D eigenvalue weighted by molar-refractivity contribution is 0.0591. The van der Waals surface area contributed by atoms with Crippen LogP contribution in [-0.4, -0.2) is 27.7 Å². The van der Waals surface area contributed by atoms with E-state index in [2.05, 4.69) is 25.7 Å². The summed E-state index contributed by atoms with van der Waals surface area (Å²) in [4.78, 5) is 28.1. The van der Waals surface area contributed by atoms with Crippen molar-refractivity contribution in [2.45, 2.75) is 32.2 Å². The Kier molecular flexibility index (Phi) is 4.39. The van der Waals surface area contributed by atoms with E-state index in [0.29, 0.717) is 27.8 Å². The van der Waals surface area contributed by atoms with Gasteiger partial charge in [-0.15, -0.1) is 0 Å². The molecule has 0 unspecified atom stereocenters. The van der Waals surface area contributed by atoms with Crippen LogP contribution in [0.3, 0.4) is 0 Å². The van der Waals surface area contributed by atoms with Gasteiger partial charge in [0.25, 0.3) is 5.56 Å². The second kappa shape index (κ2) is 6.31. The number of nitrogens with zero attached hydrogens (tertiary/aromatic N) is 2. The van der Waals surface area contributed by atoms with Crippen LogP contribution in [0.4, 0.5) is 0 Å². The smallest absolute Gasteiger partial charge is 0.360 e. The Balaban J connectivity index is 2.18. The van der Waals surface area contributed by atoms with Crippen LogP contribution >= 0.6 is 15.9 Å². The van der Waals surface area contributed by atoms with Crippen molar-refractivity contribution in [3.05, 3.63) is 32.8 Å². The van der Waals surface area contributed by atoms with Gasteiger partial charge in [0, 0.05) is 11.9 Å². The number of carbonyl (C=O) groups is 1. The number of rotatable bonds is 3. The SMILES string of the molecule is COC(=O)c1ncc2c(cc(Br)c(=O)n2CC2CCCC2)c1O. The molecule has 3 rings (SSSR count). The highest BCUT2D eigenvalue weighted by Crippen LogP contribution is 2.31. The minimum atomic E-state index is -0.714. The van der Waals surface area contributed by atoms with Crippen LogP contribution in [0.25, 0.3) is 10.9 Å². The van der Waals surface area contributed by atoms with Gasteiger partial charge < -0.3 is 14.4 Å². The van der Waals surface area contributed by atoms with Crippen LogP contribution in [0.2, 0.25) is 0 Å². The Morgan fingerprint density at radius 2 is 2.17 bits per heavy atom. The Hall–Kier alpha value is -1.89. The van der Waals surface area contributed by atoms with Gasteiger partial charge >= 0.3 is 5.97 Å². The number of methoxy groups -OCH3 is 1. The molecule has 1 aliphatic carbocycles. The molecule has 0 spiro atoms. The third-order valence-corrected chi connectivity index (χ3v) is 4.94. The van der Waals surface area contributed by atoms with E-state index in [1.165, 1.54) is 32.2 Å². The largest absolute Gasteiger partial charge is 0.505 e. The second-order valence-corrected chi connectivity index (χ2v) is 6.66. The molecule has 2 aromatic rings. The number of pyridine rings is 2. The van der Waals surface area contributed by atoms with Gasteiger partial charge in [-0.1, -0.05) is 12.8 Å². The quantitative estimate of drug-likeness (QED) is 0.827. The van der Waals surface area contributed by atoms with E-state index in [-0.39, 0.29) is 17.0 Å². The minimum absolute atomic E-state index is 0.155. The molecule has 0 atom stereocenters. The predicted molar refractivity (Wildman–Crippen MR) is 88.7 cm³/mol. The lowest BCUT2D eigenvalue weighted by Gasteiger charge is -2.16. The Bertz CT molecular complexity index is 825. The third-order valence-electron chi connectivity index (χ3n) is 4.38. The molecule has 23 heavy (non-hydrogen) atoms. The predicted octanol–water partition coefficient (Wildman–Crippen LogP) is 2.84. The fourth-order valence-corrected chi connectivity index (χ4v) is 3.61. The van der Waals surface area contributed by atoms with Gasteiger partial charge in [-0.25, -0.2) is 9.78 Å². The number of halogens is 1. The second-order valence-electron chi connectivity index (χ2n) is 5.80. The van der Waals surface area contributed by atoms with Crippen LogP contribution in [0.1, 0.15) is 36.2 Å². The summed E-state index contributed by atoms with van der Waals surface area (Å²) in [6, 6.07) is 1.52. The number of esters is 1. The van der Waals surface area contributed by atoms with Crippen molar-refractivity contribution in [3.63, 3.8) is 0 Å². The van der Waals surface area contributed by atoms with E-state index in [1.807, 2.05) is 0 Å². The van der Waals surface area contributed by atoms with Crippen LogP contribution in [-0.2, 0) is 11.3 Å². The standard InChI is InChI=1S/C16H17BrN2O4/c1-23-16(22)13-14(20)10-6-11(17)15(21)19(12(10)7-18-13)8-9-4-2-3-5-9/h6-7,9,20H,2-5,8H2,1H3. The van der Waals surface area contributed by atoms with Gasteiger partial charge in [-0.2, -0.15) is 0 Å². The van der Waals surface area contributed by atoms with Crippen LogP contribution < -0.4 is 5.56 Å². The monoisotopic (exact) mass is 380 g/mol. The maximum atomic E-state index is 12.5. The molecule has 2 aromatic heterocycles. The average molecular weight is 381 g/mol. The molecule has 0 aliphatic heterocycles. The van der Waals surface area contributed by atoms with E-state index in [1.54, 1.807) is 4.57 Å². The summed E-state index contributed by atoms with van der Waals surface area (Å²) in [6.07, 6.45) is 6.01. The van der Waals surface area contributed by atoms with E-state index in [0.717, 1.165) is 12.8 Å². The molecule has 6 nitrogen and oxygen atoms in total. The fraction of sp³-hybridized carbons (Fsp3) is 0.438. The lowest BCUT2D eigenvalue weighted by atomic mass is 10.1. The minimum Gasteiger partial charge on any atom is -0.505 e. The summed E-state index contributed by atoms with van der Waals surface area (Å²) in [5.74, 6) is -0.531. The number of aromatic hydroxyl groups is 1. The van der Waals surface area contributed by atoms with Crippen LogP contribution in [0, 0.1) is 5.92 Å². The van der Waals surface area contributed by atoms with E-state index in [9.17, 15) is 14.7 Å². The first kappa shape index (κ1) is 16.0. The molecule has 0 aromatic carbocycles. The third kappa shape index (κ3) is 2.85. The number of fused-ring (bicyclic) bond motifs is 1. The molecular formula is C16H17BrN2O4. The van der Waals surface area contributed by atoms with Gasteiger partial charge in [0.15, 0.2) is 11.4 Å². The summed E-state index contributed by atoms with van der Waals surface area (Å²) >= 11 is 3.25. The van der Waals surface area contributed by atoms with Gasteiger partial charge in [0.1, 0.15) is 0 Å². The van der Waals surface area contributed by atoms with Crippen molar-refractivity contribution in [3.8, 4) is 5.75 Å². The molecule has 0 bridgehead atoms. The Morgan fingerprint density at radius 1 is 1.48 bits per heavy atom. The summed E-state index contributed by atoms with van der Waals surface area (Å²) in [5.41, 5.74) is 0.213. The molecule has 0 saturated heterocycles. The highest BCUT2D eigenvalue weighted by atomic mass is 79.9. The zero-order valence-electron chi connectivity index (χ0n) is 12.7. The summed E-state index contributed by atoms with van der Waals surface area (Å²) in [6.45, 7) is 0.591. The Labute approximate surface area is 141 Å². The summed E-state index contributed by atoms with van der Waals surface area (Å²) < 4.78 is 6.59. The van der Waals surface area contributed by atoms with Crippen molar-refractivity contribution in [1.82, 2.24) is 9.55 Å². The van der Waals surface area contributed by atoms with Crippen LogP contribution in [0.15, 0.2) is 21.5 Å². The Morgan fingerprint density at radius 3 is 2.83 bits per heavy atom. The number of aromatic nitrogens is 2. The van der Waals surface area contributed by atoms with Gasteiger partial charge in [0.2, 0.25) is 0 Å². The zero-order chi connectivity index (χ0) is 16.6. The molecule has 1 aliphatic rings. The first-order chi connectivity index (χ1) is 11.0. The van der Waals surface area contributed by atoms with Gasteiger partial charge in [-0.05, 0) is 40.8 Å². The number of ether oxygens (including phenoxy) is 1. The highest BCUT2D eigenvalue weighted by molar-refractivity contribution is 9.10. The molecular weight excluding hydrogens is 364 g/mol. The molecule has 1 N–H and O–H groups in total. The molecule has 1 fully saturated rings. The number of hydrogen-bond acceptors (Lipinski definition) is 5. The number of hydrogen-bond donors (Lipinski definition) is 1. The van der Waals surface area contributed by atoms with E-state index < -0.39 is 5.97 Å². The highest BCUT2D eigenvalue weighted by Gasteiger charge is 2.22. The van der Waals surface area contributed by atoms with Crippen molar-refractivity contribution < 1.29 is 14.6 Å². The number of carbonyl (C=O) groups excluding carboxylic acids is 1. The fourth-order valence-electron chi connectivity index (χ4n) is 3.17. The first-order valence-electron chi connectivity index (χ1n) is 7.52. The summed E-state index contributed by atoms with van der Waals surface area (Å²) in [5, 5.41) is 10.8. The topological polar surface area (TPSA) is 81.4 Å². The molecule has 1 saturated carbocycles. The normalized spacial score (nSPS) is 15.2. The first-order valence-corrected chi connectivity index (χ1v) is 8.31. The van der Waals surface area contributed by atoms with Gasteiger partial charge in [0.05, 0.1) is 23.3 Å². The molecule has 2 heterocycles. The van der Waals surface area contributed by atoms with Crippen molar-refractivity contribution in [2.24, 2.45) is 5.92 Å². The molecule has 7 heteroatoms. The van der Waals surface area contributed by atoms with Crippen molar-refractivity contribution in [1.29, 1.82) is 0 Å². The van der Waals surface area contributed by atoms with E-state index in [4.69, 9.17) is 0 Å². The molecule has 0 radical (unpaired) electrons. The maximum absolute atomic E-state index is 12.5. The molecule has 0 amide bonds. The molecule has 122 valence electrons. The average Bonchev–Trinajstić information content (AvgIpc) is 3.05. The summed E-state index contributed by atoms with van der Waals surface area (Å²) in [7, 11) is 1.23. The van der Waals surface area contributed by atoms with Gasteiger partial charge in [-0.3, -0.25) is 4.79 Å². The van der Waals surface area contributed by atoms with Crippen LogP contribution in [0.5, 0.6) is 5.75 Å². The zero-order valence-corrected chi connectivity index (χ0v) is 14.3. The van der Waals surface area contributed by atoms with E-state index >= 15 is 0 Å². The lowest BCUT2D eigenvalue weighted by Crippen LogP contribution is -2.24. The van der Waals surface area contributed by atoms with Crippen molar-refractivity contribution in [2.75, 3.05) is 7.11 Å².